The first-order valence-electron chi connectivity index (χ1n) is 10.8. The maximum Gasteiger partial charge on any atom is 0.225 e. The van der Waals surface area contributed by atoms with Gasteiger partial charge in [0.25, 0.3) is 0 Å². The van der Waals surface area contributed by atoms with E-state index in [-0.39, 0.29) is 35.2 Å². The summed E-state index contributed by atoms with van der Waals surface area (Å²) in [6, 6.07) is 4.64. The highest BCUT2D eigenvalue weighted by Crippen LogP contribution is 2.37. The van der Waals surface area contributed by atoms with Gasteiger partial charge < -0.3 is 21.5 Å². The molecule has 10 nitrogen and oxygen atoms in total. The molecular weight excluding hydrogens is 479 g/mol. The predicted octanol–water partition coefficient (Wildman–Crippen LogP) is 4.15. The molecule has 0 aliphatic carbocycles. The number of aromatic nitrogens is 4. The van der Waals surface area contributed by atoms with Gasteiger partial charge in [-0.25, -0.2) is 9.97 Å². The lowest BCUT2D eigenvalue weighted by molar-refractivity contribution is -0.118. The maximum atomic E-state index is 11.5. The number of nitrogens with two attached hydrogens (primary N) is 1. The predicted molar refractivity (Wildman–Crippen MR) is 132 cm³/mol. The number of aliphatic hydroxyl groups excluding tert-OH is 1. The van der Waals surface area contributed by atoms with E-state index in [9.17, 15) is 9.90 Å². The van der Waals surface area contributed by atoms with E-state index < -0.39 is 5.91 Å². The van der Waals surface area contributed by atoms with Crippen molar-refractivity contribution in [2.75, 3.05) is 17.2 Å². The molecule has 0 saturated heterocycles. The van der Waals surface area contributed by atoms with E-state index in [1.807, 2.05) is 17.6 Å². The number of primary amides is 1. The van der Waals surface area contributed by atoms with Crippen LogP contribution in [0.25, 0.3) is 11.2 Å². The average molecular weight is 505 g/mol. The Morgan fingerprint density at radius 2 is 2.00 bits per heavy atom. The van der Waals surface area contributed by atoms with Crippen molar-refractivity contribution in [2.45, 2.75) is 51.6 Å². The summed E-state index contributed by atoms with van der Waals surface area (Å²) in [5, 5.41) is 25.3. The molecule has 1 amide bonds. The number of anilines is 3. The third kappa shape index (κ3) is 5.86. The van der Waals surface area contributed by atoms with Crippen LogP contribution in [0, 0.1) is 11.3 Å². The normalized spacial score (nSPS) is 12.8. The van der Waals surface area contributed by atoms with Crippen LogP contribution in [0.5, 0.6) is 0 Å². The van der Waals surface area contributed by atoms with Gasteiger partial charge in [-0.05, 0) is 31.9 Å². The number of carbonyl (C=O) groups excluding carboxylic acids is 1. The summed E-state index contributed by atoms with van der Waals surface area (Å²) in [6.45, 7) is 3.77. The topological polar surface area (TPSA) is 155 Å². The second kappa shape index (κ2) is 11.3. The Labute approximate surface area is 207 Å². The number of hydrogen-bond acceptors (Lipinski definition) is 8. The number of amides is 1. The van der Waals surface area contributed by atoms with Gasteiger partial charge in [0.1, 0.15) is 5.52 Å². The van der Waals surface area contributed by atoms with Crippen molar-refractivity contribution >= 4 is 57.9 Å². The van der Waals surface area contributed by atoms with Gasteiger partial charge in [0.15, 0.2) is 5.65 Å². The van der Waals surface area contributed by atoms with E-state index in [2.05, 4.69) is 25.6 Å². The number of carbonyl (C=O) groups is 1. The molecule has 0 spiro atoms. The molecule has 5 N–H and O–H groups in total. The monoisotopic (exact) mass is 504 g/mol. The largest absolute Gasteiger partial charge is 0.394 e. The van der Waals surface area contributed by atoms with Gasteiger partial charge in [-0.1, -0.05) is 36.5 Å². The molecule has 180 valence electrons. The fourth-order valence-electron chi connectivity index (χ4n) is 3.57. The van der Waals surface area contributed by atoms with Crippen LogP contribution in [-0.2, 0) is 4.79 Å². The number of rotatable bonds is 11. The summed E-state index contributed by atoms with van der Waals surface area (Å²) in [7, 11) is 0. The molecular formula is C22H26Cl2N8O2. The van der Waals surface area contributed by atoms with Crippen molar-refractivity contribution in [3.05, 3.63) is 33.9 Å². The van der Waals surface area contributed by atoms with Crippen LogP contribution in [-0.4, -0.2) is 43.2 Å². The Hall–Kier alpha value is -3.13. The Kier molecular flexibility index (Phi) is 8.50. The number of aliphatic hydroxyl groups is 1. The van der Waals surface area contributed by atoms with Crippen molar-refractivity contribution in [1.82, 2.24) is 19.5 Å². The first-order valence-corrected chi connectivity index (χ1v) is 11.6. The van der Waals surface area contributed by atoms with Gasteiger partial charge in [0.2, 0.25) is 17.8 Å². The molecule has 2 aromatic heterocycles. The fourth-order valence-corrected chi connectivity index (χ4v) is 4.16. The number of hydrogen-bond donors (Lipinski definition) is 4. The van der Waals surface area contributed by atoms with Crippen molar-refractivity contribution < 1.29 is 9.90 Å². The van der Waals surface area contributed by atoms with Gasteiger partial charge in [-0.2, -0.15) is 10.2 Å². The van der Waals surface area contributed by atoms with Gasteiger partial charge in [-0.15, -0.1) is 0 Å². The summed E-state index contributed by atoms with van der Waals surface area (Å²) < 4.78 is 1.89. The fraction of sp³-hybridized carbons (Fsp3) is 0.409. The molecule has 2 heterocycles. The number of fused-ring (bicyclic) bond motifs is 1. The van der Waals surface area contributed by atoms with Gasteiger partial charge >= 0.3 is 0 Å². The zero-order valence-electron chi connectivity index (χ0n) is 18.8. The average Bonchev–Trinajstić information content (AvgIpc) is 3.15. The molecule has 0 saturated carbocycles. The number of benzene rings is 1. The SMILES string of the molecule is CCC[C@@H](CCC(N)=O)n1c(Nc2c(Cl)cc(C#N)cc2Cl)nc2cnc(N[C@@H](C)CO)nc21. The quantitative estimate of drug-likeness (QED) is 0.303. The summed E-state index contributed by atoms with van der Waals surface area (Å²) in [4.78, 5) is 25.1. The summed E-state index contributed by atoms with van der Waals surface area (Å²) in [5.74, 6) is 0.349. The summed E-state index contributed by atoms with van der Waals surface area (Å²) in [6.07, 6.45) is 3.84. The molecule has 3 aromatic rings. The van der Waals surface area contributed by atoms with Crippen molar-refractivity contribution in [3.8, 4) is 6.07 Å². The lowest BCUT2D eigenvalue weighted by Crippen LogP contribution is -2.21. The second-order valence-electron chi connectivity index (χ2n) is 7.94. The van der Waals surface area contributed by atoms with Crippen LogP contribution in [0.3, 0.4) is 0 Å². The molecule has 0 aliphatic rings. The van der Waals surface area contributed by atoms with Crippen LogP contribution < -0.4 is 16.4 Å². The number of nitriles is 1. The van der Waals surface area contributed by atoms with E-state index in [1.54, 1.807) is 13.1 Å². The molecule has 0 aliphatic heterocycles. The lowest BCUT2D eigenvalue weighted by Gasteiger charge is -2.21. The molecule has 0 unspecified atom stereocenters. The van der Waals surface area contributed by atoms with E-state index in [0.29, 0.717) is 40.7 Å². The lowest BCUT2D eigenvalue weighted by atomic mass is 10.1. The molecule has 12 heteroatoms. The Bertz CT molecular complexity index is 1200. The molecule has 0 bridgehead atoms. The van der Waals surface area contributed by atoms with Crippen LogP contribution in [0.4, 0.5) is 17.6 Å². The minimum absolute atomic E-state index is 0.0831. The van der Waals surface area contributed by atoms with Crippen molar-refractivity contribution in [2.24, 2.45) is 5.73 Å². The minimum Gasteiger partial charge on any atom is -0.394 e. The maximum absolute atomic E-state index is 11.5. The molecule has 0 fully saturated rings. The standard InChI is InChI=1S/C22H26Cl2N8O2/c1-3-4-14(5-6-18(26)34)32-20-17(10-27-21(31-20)28-12(2)11-33)29-22(32)30-19-15(23)7-13(9-25)8-16(19)24/h7-8,10,12,14,33H,3-6,11H2,1-2H3,(H2,26,34)(H,29,30)(H,27,28,31)/t12-,14-/m0/s1. The molecule has 34 heavy (non-hydrogen) atoms. The Morgan fingerprint density at radius 1 is 1.29 bits per heavy atom. The first kappa shape index (κ1) is 25.5. The highest BCUT2D eigenvalue weighted by atomic mass is 35.5. The van der Waals surface area contributed by atoms with Crippen LogP contribution >= 0.6 is 23.2 Å². The number of imidazole rings is 1. The van der Waals surface area contributed by atoms with E-state index >= 15 is 0 Å². The van der Waals surface area contributed by atoms with Crippen molar-refractivity contribution in [3.63, 3.8) is 0 Å². The van der Waals surface area contributed by atoms with E-state index in [0.717, 1.165) is 12.8 Å². The van der Waals surface area contributed by atoms with Gasteiger partial charge in [0, 0.05) is 18.5 Å². The molecule has 3 rings (SSSR count). The zero-order valence-corrected chi connectivity index (χ0v) is 20.4. The van der Waals surface area contributed by atoms with Crippen LogP contribution in [0.15, 0.2) is 18.3 Å². The third-order valence-corrected chi connectivity index (χ3v) is 5.80. The smallest absolute Gasteiger partial charge is 0.225 e. The summed E-state index contributed by atoms with van der Waals surface area (Å²) >= 11 is 12.8. The first-order chi connectivity index (χ1) is 16.3. The highest BCUT2D eigenvalue weighted by molar-refractivity contribution is 6.39. The number of nitrogens with zero attached hydrogens (tertiary/aromatic N) is 5. The minimum atomic E-state index is -0.396. The number of nitrogens with one attached hydrogen (secondary N) is 2. The Morgan fingerprint density at radius 3 is 2.59 bits per heavy atom. The van der Waals surface area contributed by atoms with E-state index in [1.165, 1.54) is 12.1 Å². The molecule has 1 aromatic carbocycles. The van der Waals surface area contributed by atoms with Gasteiger partial charge in [-0.3, -0.25) is 9.36 Å². The highest BCUT2D eigenvalue weighted by Gasteiger charge is 2.23. The van der Waals surface area contributed by atoms with Crippen molar-refractivity contribution in [1.29, 1.82) is 5.26 Å². The van der Waals surface area contributed by atoms with Gasteiger partial charge in [0.05, 0.1) is 40.2 Å². The number of halogens is 2. The third-order valence-electron chi connectivity index (χ3n) is 5.20. The second-order valence-corrected chi connectivity index (χ2v) is 8.75. The molecule has 0 radical (unpaired) electrons. The zero-order chi connectivity index (χ0) is 24.8. The van der Waals surface area contributed by atoms with E-state index in [4.69, 9.17) is 34.2 Å². The van der Waals surface area contributed by atoms with Crippen LogP contribution in [0.1, 0.15) is 51.1 Å². The molecule has 2 atom stereocenters. The Balaban J connectivity index is 2.15. The summed E-state index contributed by atoms with van der Waals surface area (Å²) in [5.41, 5.74) is 7.21. The van der Waals surface area contributed by atoms with Crippen LogP contribution in [0.2, 0.25) is 10.0 Å².